The van der Waals surface area contributed by atoms with Crippen LogP contribution in [-0.4, -0.2) is 26.3 Å². The van der Waals surface area contributed by atoms with Gasteiger partial charge in [-0.3, -0.25) is 9.89 Å². The summed E-state index contributed by atoms with van der Waals surface area (Å²) in [5.74, 6) is 1.17. The zero-order valence-corrected chi connectivity index (χ0v) is 17.3. The highest BCUT2D eigenvalue weighted by Gasteiger charge is 2.17. The minimum atomic E-state index is -0.340. The van der Waals surface area contributed by atoms with E-state index in [0.717, 1.165) is 5.56 Å². The van der Waals surface area contributed by atoms with Gasteiger partial charge in [-0.05, 0) is 48.9 Å². The fourth-order valence-electron chi connectivity index (χ4n) is 2.22. The van der Waals surface area contributed by atoms with Gasteiger partial charge in [-0.15, -0.1) is 5.10 Å². The molecule has 1 atom stereocenters. The zero-order valence-electron chi connectivity index (χ0n) is 15.0. The Morgan fingerprint density at radius 1 is 1.14 bits per heavy atom. The van der Waals surface area contributed by atoms with Gasteiger partial charge in [-0.1, -0.05) is 47.1 Å². The molecule has 1 unspecified atom stereocenters. The van der Waals surface area contributed by atoms with Gasteiger partial charge in [-0.25, -0.2) is 4.98 Å². The first-order chi connectivity index (χ1) is 13.5. The number of ether oxygens (including phenoxy) is 1. The second-order valence-corrected chi connectivity index (χ2v) is 8.09. The van der Waals surface area contributed by atoms with Crippen molar-refractivity contribution in [3.63, 3.8) is 0 Å². The van der Waals surface area contributed by atoms with Gasteiger partial charge in [0.05, 0.1) is 5.25 Å². The Balaban J connectivity index is 1.46. The van der Waals surface area contributed by atoms with Crippen LogP contribution in [-0.2, 0) is 17.9 Å². The van der Waals surface area contributed by atoms with E-state index in [2.05, 4.69) is 20.5 Å². The molecule has 3 rings (SSSR count). The van der Waals surface area contributed by atoms with Crippen LogP contribution in [0.5, 0.6) is 5.75 Å². The lowest BCUT2D eigenvalue weighted by atomic mass is 10.2. The number of carbonyl (C=O) groups excluding carboxylic acids is 1. The van der Waals surface area contributed by atoms with E-state index in [1.54, 1.807) is 36.4 Å². The summed E-state index contributed by atoms with van der Waals surface area (Å²) >= 11 is 13.0. The summed E-state index contributed by atoms with van der Waals surface area (Å²) < 4.78 is 5.62. The highest BCUT2D eigenvalue weighted by atomic mass is 35.5. The van der Waals surface area contributed by atoms with E-state index in [0.29, 0.717) is 33.3 Å². The van der Waals surface area contributed by atoms with Crippen molar-refractivity contribution in [1.82, 2.24) is 20.5 Å². The summed E-state index contributed by atoms with van der Waals surface area (Å²) in [4.78, 5) is 16.6. The molecule has 0 fully saturated rings. The lowest BCUT2D eigenvalue weighted by Crippen LogP contribution is -2.30. The van der Waals surface area contributed by atoms with Gasteiger partial charge >= 0.3 is 0 Å². The van der Waals surface area contributed by atoms with Crippen molar-refractivity contribution < 1.29 is 9.53 Å². The quantitative estimate of drug-likeness (QED) is 0.508. The van der Waals surface area contributed by atoms with Gasteiger partial charge in [0.25, 0.3) is 0 Å². The van der Waals surface area contributed by atoms with E-state index in [9.17, 15) is 4.79 Å². The van der Waals surface area contributed by atoms with Crippen molar-refractivity contribution in [1.29, 1.82) is 0 Å². The summed E-state index contributed by atoms with van der Waals surface area (Å²) in [5.41, 5.74) is 0.981. The number of nitrogens with zero attached hydrogens (tertiary/aromatic N) is 2. The monoisotopic (exact) mass is 436 g/mol. The number of halogens is 2. The Hall–Kier alpha value is -2.22. The van der Waals surface area contributed by atoms with Gasteiger partial charge in [-0.2, -0.15) is 0 Å². The van der Waals surface area contributed by atoms with Crippen LogP contribution >= 0.6 is 35.0 Å². The van der Waals surface area contributed by atoms with Crippen molar-refractivity contribution in [3.05, 3.63) is 70.0 Å². The molecule has 6 nitrogen and oxygen atoms in total. The average Bonchev–Trinajstić information content (AvgIpc) is 3.14. The summed E-state index contributed by atoms with van der Waals surface area (Å²) in [6, 6.07) is 14.4. The fraction of sp³-hybridized carbons (Fsp3) is 0.211. The molecule has 0 saturated carbocycles. The predicted octanol–water partition coefficient (Wildman–Crippen LogP) is 4.49. The van der Waals surface area contributed by atoms with Crippen LogP contribution in [0.4, 0.5) is 0 Å². The molecule has 146 valence electrons. The molecular weight excluding hydrogens is 419 g/mol. The maximum Gasteiger partial charge on any atom is 0.233 e. The first-order valence-electron chi connectivity index (χ1n) is 8.48. The molecule has 9 heteroatoms. The number of carbonyl (C=O) groups is 1. The number of aromatic nitrogens is 3. The molecule has 0 spiro atoms. The highest BCUT2D eigenvalue weighted by molar-refractivity contribution is 8.00. The minimum absolute atomic E-state index is 0.0938. The van der Waals surface area contributed by atoms with Crippen molar-refractivity contribution >= 4 is 40.9 Å². The van der Waals surface area contributed by atoms with E-state index in [4.69, 9.17) is 27.9 Å². The fourth-order valence-corrected chi connectivity index (χ4v) is 3.24. The Labute approximate surface area is 177 Å². The molecule has 2 aromatic carbocycles. The van der Waals surface area contributed by atoms with Crippen molar-refractivity contribution in [2.24, 2.45) is 0 Å². The summed E-state index contributed by atoms with van der Waals surface area (Å²) in [7, 11) is 0. The standard InChI is InChI=1S/C19H18Cl2N4O2S/c1-12(18(26)22-10-13-2-4-14(20)5-3-13)28-19-23-17(24-25-19)11-27-16-8-6-15(21)7-9-16/h2-9,12H,10-11H2,1H3,(H,22,26)(H,23,24,25). The number of amides is 1. The number of H-pyrrole nitrogens is 1. The van der Waals surface area contributed by atoms with Crippen LogP contribution in [0, 0.1) is 0 Å². The molecular formula is C19H18Cl2N4O2S. The first kappa shape index (κ1) is 20.5. The smallest absolute Gasteiger partial charge is 0.233 e. The van der Waals surface area contributed by atoms with E-state index >= 15 is 0 Å². The summed E-state index contributed by atoms with van der Waals surface area (Å²) in [6.07, 6.45) is 0. The number of hydrogen-bond donors (Lipinski definition) is 2. The lowest BCUT2D eigenvalue weighted by molar-refractivity contribution is -0.120. The number of rotatable bonds is 8. The molecule has 3 aromatic rings. The van der Waals surface area contributed by atoms with E-state index in [1.165, 1.54) is 11.8 Å². The van der Waals surface area contributed by atoms with E-state index in [1.807, 2.05) is 19.1 Å². The average molecular weight is 437 g/mol. The van der Waals surface area contributed by atoms with Crippen LogP contribution in [0.1, 0.15) is 18.3 Å². The molecule has 0 aliphatic heterocycles. The summed E-state index contributed by atoms with van der Waals surface area (Å²) in [6.45, 7) is 2.49. The lowest BCUT2D eigenvalue weighted by Gasteiger charge is -2.10. The number of aromatic amines is 1. The molecule has 2 N–H and O–H groups in total. The normalized spacial score (nSPS) is 11.8. The van der Waals surface area contributed by atoms with Crippen molar-refractivity contribution in [3.8, 4) is 5.75 Å². The third-order valence-electron chi connectivity index (χ3n) is 3.73. The maximum atomic E-state index is 12.3. The third kappa shape index (κ3) is 6.15. The van der Waals surface area contributed by atoms with Crippen LogP contribution in [0.15, 0.2) is 53.7 Å². The van der Waals surface area contributed by atoms with Gasteiger partial charge in [0, 0.05) is 16.6 Å². The third-order valence-corrected chi connectivity index (χ3v) is 5.20. The Morgan fingerprint density at radius 3 is 2.46 bits per heavy atom. The highest BCUT2D eigenvalue weighted by Crippen LogP contribution is 2.20. The Kier molecular flexibility index (Phi) is 7.19. The van der Waals surface area contributed by atoms with Gasteiger partial charge < -0.3 is 10.1 Å². The van der Waals surface area contributed by atoms with Crippen LogP contribution < -0.4 is 10.1 Å². The molecule has 0 aliphatic carbocycles. The van der Waals surface area contributed by atoms with Gasteiger partial charge in [0.15, 0.2) is 5.82 Å². The minimum Gasteiger partial charge on any atom is -0.486 e. The first-order valence-corrected chi connectivity index (χ1v) is 10.1. The second kappa shape index (κ2) is 9.82. The largest absolute Gasteiger partial charge is 0.486 e. The van der Waals surface area contributed by atoms with Crippen molar-refractivity contribution in [2.75, 3.05) is 0 Å². The Bertz CT molecular complexity index is 916. The second-order valence-electron chi connectivity index (χ2n) is 5.91. The molecule has 1 heterocycles. The van der Waals surface area contributed by atoms with Gasteiger partial charge in [0.2, 0.25) is 11.1 Å². The van der Waals surface area contributed by atoms with Gasteiger partial charge in [0.1, 0.15) is 12.4 Å². The molecule has 0 radical (unpaired) electrons. The number of hydrogen-bond acceptors (Lipinski definition) is 5. The van der Waals surface area contributed by atoms with Crippen molar-refractivity contribution in [2.45, 2.75) is 30.5 Å². The molecule has 1 aromatic heterocycles. The molecule has 0 aliphatic rings. The topological polar surface area (TPSA) is 79.9 Å². The van der Waals surface area contributed by atoms with E-state index in [-0.39, 0.29) is 17.8 Å². The molecule has 28 heavy (non-hydrogen) atoms. The Morgan fingerprint density at radius 2 is 1.79 bits per heavy atom. The number of thioether (sulfide) groups is 1. The maximum absolute atomic E-state index is 12.3. The van der Waals surface area contributed by atoms with Crippen LogP contribution in [0.2, 0.25) is 10.0 Å². The van der Waals surface area contributed by atoms with E-state index < -0.39 is 0 Å². The molecule has 1 amide bonds. The zero-order chi connectivity index (χ0) is 19.9. The van der Waals surface area contributed by atoms with Crippen LogP contribution in [0.3, 0.4) is 0 Å². The molecule has 0 bridgehead atoms. The van der Waals surface area contributed by atoms with Crippen LogP contribution in [0.25, 0.3) is 0 Å². The summed E-state index contributed by atoms with van der Waals surface area (Å²) in [5, 5.41) is 11.3. The number of nitrogens with one attached hydrogen (secondary N) is 2. The number of benzene rings is 2. The predicted molar refractivity (Wildman–Crippen MR) is 111 cm³/mol. The SMILES string of the molecule is CC(Sc1n[nH]c(COc2ccc(Cl)cc2)n1)C(=O)NCc1ccc(Cl)cc1. The molecule has 0 saturated heterocycles.